The predicted octanol–water partition coefficient (Wildman–Crippen LogP) is 2.63. The van der Waals surface area contributed by atoms with Crippen LogP contribution in [0.1, 0.15) is 18.4 Å². The van der Waals surface area contributed by atoms with Crippen LogP contribution in [-0.4, -0.2) is 31.1 Å². The molecule has 0 aliphatic carbocycles. The van der Waals surface area contributed by atoms with Crippen molar-refractivity contribution in [1.82, 2.24) is 10.2 Å². The highest BCUT2D eigenvalue weighted by Crippen LogP contribution is 2.14. The molecule has 2 nitrogen and oxygen atoms in total. The maximum atomic E-state index is 3.54. The summed E-state index contributed by atoms with van der Waals surface area (Å²) in [5.74, 6) is 0. The van der Waals surface area contributed by atoms with E-state index in [-0.39, 0.29) is 0 Å². The Kier molecular flexibility index (Phi) is 4.38. The van der Waals surface area contributed by atoms with Gasteiger partial charge in [0.2, 0.25) is 0 Å². The molecule has 1 aromatic carbocycles. The minimum absolute atomic E-state index is 0.732. The first-order valence-corrected chi connectivity index (χ1v) is 6.70. The molecule has 16 heavy (non-hydrogen) atoms. The van der Waals surface area contributed by atoms with Gasteiger partial charge in [0.1, 0.15) is 0 Å². The number of rotatable bonds is 4. The fourth-order valence-corrected chi connectivity index (χ4v) is 2.49. The Balaban J connectivity index is 1.73. The van der Waals surface area contributed by atoms with Gasteiger partial charge in [0, 0.05) is 23.6 Å². The molecule has 0 spiro atoms. The van der Waals surface area contributed by atoms with Gasteiger partial charge in [-0.3, -0.25) is 0 Å². The molecule has 0 amide bonds. The highest BCUT2D eigenvalue weighted by Gasteiger charge is 2.19. The molecular formula is C13H19BrN2. The van der Waals surface area contributed by atoms with Crippen molar-refractivity contribution in [3.63, 3.8) is 0 Å². The van der Waals surface area contributed by atoms with Crippen molar-refractivity contribution in [2.45, 2.75) is 25.4 Å². The van der Waals surface area contributed by atoms with Gasteiger partial charge in [0.05, 0.1) is 0 Å². The molecule has 1 fully saturated rings. The summed E-state index contributed by atoms with van der Waals surface area (Å²) in [5.41, 5.74) is 1.35. The molecule has 0 saturated carbocycles. The molecule has 2 rings (SSSR count). The summed E-state index contributed by atoms with van der Waals surface area (Å²) in [6, 6.07) is 9.25. The number of likely N-dealkylation sites (tertiary alicyclic amines) is 1. The topological polar surface area (TPSA) is 15.3 Å². The summed E-state index contributed by atoms with van der Waals surface area (Å²) < 4.78 is 1.15. The standard InChI is InChI=1S/C13H19BrN2/c1-16-8-2-3-13(16)10-15-9-11-4-6-12(14)7-5-11/h4-7,13,15H,2-3,8-10H2,1H3. The van der Waals surface area contributed by atoms with E-state index in [0.29, 0.717) is 0 Å². The zero-order valence-electron chi connectivity index (χ0n) is 9.75. The Morgan fingerprint density at radius 2 is 2.12 bits per heavy atom. The van der Waals surface area contributed by atoms with Crippen molar-refractivity contribution in [2.24, 2.45) is 0 Å². The third-order valence-corrected chi connectivity index (χ3v) is 3.82. The lowest BCUT2D eigenvalue weighted by molar-refractivity contribution is 0.300. The molecule has 1 aliphatic rings. The smallest absolute Gasteiger partial charge is 0.0218 e. The van der Waals surface area contributed by atoms with E-state index in [1.165, 1.54) is 24.9 Å². The van der Waals surface area contributed by atoms with Gasteiger partial charge in [-0.25, -0.2) is 0 Å². The van der Waals surface area contributed by atoms with Crippen molar-refractivity contribution in [1.29, 1.82) is 0 Å². The van der Waals surface area contributed by atoms with Crippen LogP contribution in [0.15, 0.2) is 28.7 Å². The SMILES string of the molecule is CN1CCCC1CNCc1ccc(Br)cc1. The van der Waals surface area contributed by atoms with Crippen LogP contribution in [0.2, 0.25) is 0 Å². The van der Waals surface area contributed by atoms with E-state index in [1.54, 1.807) is 0 Å². The van der Waals surface area contributed by atoms with Gasteiger partial charge in [-0.1, -0.05) is 28.1 Å². The molecule has 1 aromatic rings. The van der Waals surface area contributed by atoms with E-state index in [2.05, 4.69) is 57.5 Å². The molecule has 1 N–H and O–H groups in total. The van der Waals surface area contributed by atoms with Crippen molar-refractivity contribution >= 4 is 15.9 Å². The number of hydrogen-bond donors (Lipinski definition) is 1. The summed E-state index contributed by atoms with van der Waals surface area (Å²) in [7, 11) is 2.22. The summed E-state index contributed by atoms with van der Waals surface area (Å²) >= 11 is 3.45. The van der Waals surface area contributed by atoms with E-state index in [9.17, 15) is 0 Å². The average molecular weight is 283 g/mol. The van der Waals surface area contributed by atoms with Crippen molar-refractivity contribution in [3.8, 4) is 0 Å². The predicted molar refractivity (Wildman–Crippen MR) is 71.5 cm³/mol. The second kappa shape index (κ2) is 5.80. The van der Waals surface area contributed by atoms with Gasteiger partial charge in [0.15, 0.2) is 0 Å². The van der Waals surface area contributed by atoms with Crippen LogP contribution in [0, 0.1) is 0 Å². The van der Waals surface area contributed by atoms with Gasteiger partial charge in [0.25, 0.3) is 0 Å². The highest BCUT2D eigenvalue weighted by molar-refractivity contribution is 9.10. The summed E-state index contributed by atoms with van der Waals surface area (Å²) in [6.45, 7) is 3.33. The lowest BCUT2D eigenvalue weighted by Crippen LogP contribution is -2.35. The zero-order valence-corrected chi connectivity index (χ0v) is 11.3. The largest absolute Gasteiger partial charge is 0.311 e. The second-order valence-corrected chi connectivity index (χ2v) is 5.45. The normalized spacial score (nSPS) is 21.5. The number of halogens is 1. The van der Waals surface area contributed by atoms with Crippen LogP contribution in [0.3, 0.4) is 0 Å². The van der Waals surface area contributed by atoms with Gasteiger partial charge < -0.3 is 10.2 Å². The quantitative estimate of drug-likeness (QED) is 0.914. The Bertz CT molecular complexity index is 323. The van der Waals surface area contributed by atoms with Crippen molar-refractivity contribution in [3.05, 3.63) is 34.3 Å². The molecule has 3 heteroatoms. The number of hydrogen-bond acceptors (Lipinski definition) is 2. The van der Waals surface area contributed by atoms with Crippen LogP contribution >= 0.6 is 15.9 Å². The van der Waals surface area contributed by atoms with Crippen LogP contribution in [0.25, 0.3) is 0 Å². The van der Waals surface area contributed by atoms with Gasteiger partial charge in [-0.15, -0.1) is 0 Å². The first-order valence-electron chi connectivity index (χ1n) is 5.91. The summed E-state index contributed by atoms with van der Waals surface area (Å²) in [6.07, 6.45) is 2.69. The van der Waals surface area contributed by atoms with Crippen molar-refractivity contribution < 1.29 is 0 Å². The molecule has 0 bridgehead atoms. The average Bonchev–Trinajstić information content (AvgIpc) is 2.68. The highest BCUT2D eigenvalue weighted by atomic mass is 79.9. The molecule has 1 heterocycles. The Morgan fingerprint density at radius 1 is 1.38 bits per heavy atom. The maximum Gasteiger partial charge on any atom is 0.0218 e. The van der Waals surface area contributed by atoms with E-state index < -0.39 is 0 Å². The van der Waals surface area contributed by atoms with Gasteiger partial charge in [-0.2, -0.15) is 0 Å². The van der Waals surface area contributed by atoms with Crippen LogP contribution < -0.4 is 5.32 Å². The Hall–Kier alpha value is -0.380. The molecule has 0 radical (unpaired) electrons. The first-order chi connectivity index (χ1) is 7.75. The summed E-state index contributed by atoms with van der Waals surface area (Å²) in [5, 5.41) is 3.54. The third kappa shape index (κ3) is 3.30. The number of likely N-dealkylation sites (N-methyl/N-ethyl adjacent to an activating group) is 1. The molecule has 1 saturated heterocycles. The lowest BCUT2D eigenvalue weighted by Gasteiger charge is -2.19. The zero-order chi connectivity index (χ0) is 11.4. The summed E-state index contributed by atoms with van der Waals surface area (Å²) in [4.78, 5) is 2.45. The third-order valence-electron chi connectivity index (χ3n) is 3.29. The monoisotopic (exact) mass is 282 g/mol. The van der Waals surface area contributed by atoms with E-state index >= 15 is 0 Å². The first kappa shape index (κ1) is 12.1. The van der Waals surface area contributed by atoms with Gasteiger partial charge in [-0.05, 0) is 44.1 Å². The second-order valence-electron chi connectivity index (χ2n) is 4.53. The van der Waals surface area contributed by atoms with E-state index in [1.807, 2.05) is 0 Å². The molecular weight excluding hydrogens is 264 g/mol. The molecule has 1 aliphatic heterocycles. The Morgan fingerprint density at radius 3 is 2.75 bits per heavy atom. The molecule has 88 valence electrons. The van der Waals surface area contributed by atoms with Crippen LogP contribution in [0.4, 0.5) is 0 Å². The minimum Gasteiger partial charge on any atom is -0.311 e. The van der Waals surface area contributed by atoms with Crippen molar-refractivity contribution in [2.75, 3.05) is 20.1 Å². The minimum atomic E-state index is 0.732. The molecule has 0 aromatic heterocycles. The fraction of sp³-hybridized carbons (Fsp3) is 0.538. The number of nitrogens with zero attached hydrogens (tertiary/aromatic N) is 1. The van der Waals surface area contributed by atoms with Crippen LogP contribution in [-0.2, 0) is 6.54 Å². The number of benzene rings is 1. The van der Waals surface area contributed by atoms with E-state index in [4.69, 9.17) is 0 Å². The lowest BCUT2D eigenvalue weighted by atomic mass is 10.2. The van der Waals surface area contributed by atoms with Gasteiger partial charge >= 0.3 is 0 Å². The molecule has 1 unspecified atom stereocenters. The Labute approximate surface area is 106 Å². The fourth-order valence-electron chi connectivity index (χ4n) is 2.22. The van der Waals surface area contributed by atoms with E-state index in [0.717, 1.165) is 23.6 Å². The van der Waals surface area contributed by atoms with Crippen LogP contribution in [0.5, 0.6) is 0 Å². The maximum absolute atomic E-state index is 3.54. The molecule has 1 atom stereocenters. The number of nitrogens with one attached hydrogen (secondary N) is 1.